The first-order valence-electron chi connectivity index (χ1n) is 8.43. The highest BCUT2D eigenvalue weighted by atomic mass is 16.4. The van der Waals surface area contributed by atoms with Crippen molar-refractivity contribution in [1.82, 2.24) is 4.98 Å². The number of aromatic nitrogens is 1. The van der Waals surface area contributed by atoms with Gasteiger partial charge in [0.05, 0.1) is 0 Å². The van der Waals surface area contributed by atoms with Crippen molar-refractivity contribution in [2.75, 3.05) is 5.32 Å². The first kappa shape index (κ1) is 15.9. The second-order valence-electron chi connectivity index (χ2n) is 6.17. The van der Waals surface area contributed by atoms with Crippen LogP contribution in [-0.2, 0) is 6.54 Å². The number of nitrogens with one attached hydrogen (secondary N) is 1. The van der Waals surface area contributed by atoms with Crippen molar-refractivity contribution < 1.29 is 4.42 Å². The van der Waals surface area contributed by atoms with Crippen LogP contribution >= 0.6 is 0 Å². The molecule has 0 atom stereocenters. The van der Waals surface area contributed by atoms with Crippen LogP contribution in [0.25, 0.3) is 22.2 Å². The number of hydrogen-bond acceptors (Lipinski definition) is 4. The van der Waals surface area contributed by atoms with Crippen LogP contribution in [0.2, 0.25) is 0 Å². The Kier molecular flexibility index (Phi) is 4.12. The molecular weight excluding hydrogens is 322 g/mol. The first-order chi connectivity index (χ1) is 12.7. The molecule has 26 heavy (non-hydrogen) atoms. The molecule has 126 valence electrons. The smallest absolute Gasteiger partial charge is 0.232 e. The molecule has 0 aliphatic heterocycles. The zero-order chi connectivity index (χ0) is 17.9. The van der Waals surface area contributed by atoms with E-state index in [1.807, 2.05) is 42.5 Å². The summed E-state index contributed by atoms with van der Waals surface area (Å²) >= 11 is 0. The van der Waals surface area contributed by atoms with Gasteiger partial charge in [0, 0.05) is 12.1 Å². The average Bonchev–Trinajstić information content (AvgIpc) is 3.10. The Labute approximate surface area is 151 Å². The maximum atomic E-state index is 9.41. The molecule has 0 aliphatic rings. The lowest BCUT2D eigenvalue weighted by Crippen LogP contribution is -1.99. The van der Waals surface area contributed by atoms with Gasteiger partial charge in [0.1, 0.15) is 6.07 Å². The fourth-order valence-corrected chi connectivity index (χ4v) is 2.93. The molecule has 4 aromatic rings. The lowest BCUT2D eigenvalue weighted by Gasteiger charge is -2.04. The highest BCUT2D eigenvalue weighted by molar-refractivity contribution is 5.94. The number of oxazole rings is 1. The molecule has 0 fully saturated rings. The molecule has 0 radical (unpaired) electrons. The van der Waals surface area contributed by atoms with Gasteiger partial charge in [0.2, 0.25) is 17.5 Å². The molecule has 0 saturated carbocycles. The monoisotopic (exact) mass is 339 g/mol. The van der Waals surface area contributed by atoms with E-state index in [1.54, 1.807) is 0 Å². The molecule has 0 amide bonds. The van der Waals surface area contributed by atoms with Gasteiger partial charge in [-0.1, -0.05) is 66.2 Å². The van der Waals surface area contributed by atoms with Crippen molar-refractivity contribution in [3.8, 4) is 17.5 Å². The molecule has 0 spiro atoms. The molecule has 1 aromatic heterocycles. The van der Waals surface area contributed by atoms with Gasteiger partial charge in [-0.3, -0.25) is 0 Å². The molecule has 4 heteroatoms. The minimum Gasteiger partial charge on any atom is -0.419 e. The average molecular weight is 339 g/mol. The molecular formula is C22H17N3O. The Bertz CT molecular complexity index is 1100. The summed E-state index contributed by atoms with van der Waals surface area (Å²) in [5.41, 5.74) is 3.47. The van der Waals surface area contributed by atoms with Crippen molar-refractivity contribution >= 4 is 16.7 Å². The van der Waals surface area contributed by atoms with E-state index >= 15 is 0 Å². The van der Waals surface area contributed by atoms with Crippen LogP contribution in [0.3, 0.4) is 0 Å². The molecule has 1 N–H and O–H groups in total. The number of hydrogen-bond donors (Lipinski definition) is 1. The van der Waals surface area contributed by atoms with E-state index in [9.17, 15) is 5.26 Å². The SMILES string of the molecule is Cc1ccc(CNc2oc(-c3cccc4ccccc34)nc2C#N)cc1. The van der Waals surface area contributed by atoms with E-state index in [0.717, 1.165) is 21.9 Å². The highest BCUT2D eigenvalue weighted by Gasteiger charge is 2.16. The number of benzene rings is 3. The Morgan fingerprint density at radius 1 is 1.00 bits per heavy atom. The zero-order valence-electron chi connectivity index (χ0n) is 14.4. The van der Waals surface area contributed by atoms with Gasteiger partial charge in [-0.25, -0.2) is 0 Å². The van der Waals surface area contributed by atoms with Gasteiger partial charge in [0.25, 0.3) is 0 Å². The third-order valence-corrected chi connectivity index (χ3v) is 4.33. The zero-order valence-corrected chi connectivity index (χ0v) is 14.4. The summed E-state index contributed by atoms with van der Waals surface area (Å²) in [4.78, 5) is 4.39. The molecule has 1 heterocycles. The Morgan fingerprint density at radius 2 is 1.77 bits per heavy atom. The second kappa shape index (κ2) is 6.73. The van der Waals surface area contributed by atoms with Crippen molar-refractivity contribution in [1.29, 1.82) is 5.26 Å². The summed E-state index contributed by atoms with van der Waals surface area (Å²) in [6.07, 6.45) is 0. The summed E-state index contributed by atoms with van der Waals surface area (Å²) in [7, 11) is 0. The number of nitrogens with zero attached hydrogens (tertiary/aromatic N) is 2. The molecule has 4 rings (SSSR count). The van der Waals surface area contributed by atoms with Crippen LogP contribution in [0.1, 0.15) is 16.8 Å². The minimum absolute atomic E-state index is 0.264. The number of aryl methyl sites for hydroxylation is 1. The van der Waals surface area contributed by atoms with Crippen LogP contribution in [-0.4, -0.2) is 4.98 Å². The van der Waals surface area contributed by atoms with Gasteiger partial charge in [-0.05, 0) is 29.3 Å². The normalized spacial score (nSPS) is 10.6. The van der Waals surface area contributed by atoms with Crippen LogP contribution in [0.4, 0.5) is 5.88 Å². The fourth-order valence-electron chi connectivity index (χ4n) is 2.93. The van der Waals surface area contributed by atoms with E-state index in [2.05, 4.69) is 47.6 Å². The maximum Gasteiger partial charge on any atom is 0.232 e. The Morgan fingerprint density at radius 3 is 2.58 bits per heavy atom. The van der Waals surface area contributed by atoms with Crippen LogP contribution in [0.15, 0.2) is 71.1 Å². The molecule has 0 bridgehead atoms. The van der Waals surface area contributed by atoms with Crippen LogP contribution in [0.5, 0.6) is 0 Å². The number of anilines is 1. The predicted molar refractivity (Wildman–Crippen MR) is 103 cm³/mol. The van der Waals surface area contributed by atoms with E-state index < -0.39 is 0 Å². The summed E-state index contributed by atoms with van der Waals surface area (Å²) < 4.78 is 5.90. The van der Waals surface area contributed by atoms with Crippen molar-refractivity contribution in [2.24, 2.45) is 0 Å². The number of rotatable bonds is 4. The number of fused-ring (bicyclic) bond motifs is 1. The van der Waals surface area contributed by atoms with Gasteiger partial charge in [-0.2, -0.15) is 10.2 Å². The van der Waals surface area contributed by atoms with E-state index in [4.69, 9.17) is 4.42 Å². The topological polar surface area (TPSA) is 61.9 Å². The maximum absolute atomic E-state index is 9.41. The summed E-state index contributed by atoms with van der Waals surface area (Å²) in [5, 5.41) is 14.8. The van der Waals surface area contributed by atoms with Gasteiger partial charge in [0.15, 0.2) is 0 Å². The van der Waals surface area contributed by atoms with E-state index in [0.29, 0.717) is 18.3 Å². The lowest BCUT2D eigenvalue weighted by atomic mass is 10.0. The molecule has 0 unspecified atom stereocenters. The third kappa shape index (κ3) is 3.03. The summed E-state index contributed by atoms with van der Waals surface area (Å²) in [5.74, 6) is 0.848. The highest BCUT2D eigenvalue weighted by Crippen LogP contribution is 2.31. The van der Waals surface area contributed by atoms with Gasteiger partial charge >= 0.3 is 0 Å². The lowest BCUT2D eigenvalue weighted by molar-refractivity contribution is 0.585. The van der Waals surface area contributed by atoms with Crippen molar-refractivity contribution in [3.63, 3.8) is 0 Å². The van der Waals surface area contributed by atoms with Crippen LogP contribution in [0, 0.1) is 18.3 Å². The second-order valence-corrected chi connectivity index (χ2v) is 6.17. The number of nitriles is 1. The predicted octanol–water partition coefficient (Wildman–Crippen LogP) is 5.29. The van der Waals surface area contributed by atoms with Gasteiger partial charge < -0.3 is 9.73 Å². The minimum atomic E-state index is 0.264. The Balaban J connectivity index is 1.67. The third-order valence-electron chi connectivity index (χ3n) is 4.33. The largest absolute Gasteiger partial charge is 0.419 e. The summed E-state index contributed by atoms with van der Waals surface area (Å²) in [6.45, 7) is 2.62. The molecule has 0 aliphatic carbocycles. The molecule has 3 aromatic carbocycles. The Hall–Kier alpha value is -3.58. The fraction of sp³-hybridized carbons (Fsp3) is 0.0909. The van der Waals surface area contributed by atoms with Gasteiger partial charge in [-0.15, -0.1) is 0 Å². The van der Waals surface area contributed by atoms with Crippen molar-refractivity contribution in [3.05, 3.63) is 83.6 Å². The van der Waals surface area contributed by atoms with Crippen LogP contribution < -0.4 is 5.32 Å². The van der Waals surface area contributed by atoms with E-state index in [1.165, 1.54) is 5.56 Å². The first-order valence-corrected chi connectivity index (χ1v) is 8.43. The standard InChI is InChI=1S/C22H17N3O/c1-15-9-11-16(12-10-15)14-24-22-20(13-23)25-21(26-22)19-8-4-6-17-5-2-3-7-18(17)19/h2-12,24H,14H2,1H3. The quantitative estimate of drug-likeness (QED) is 0.549. The van der Waals surface area contributed by atoms with E-state index in [-0.39, 0.29) is 5.69 Å². The van der Waals surface area contributed by atoms with Crippen molar-refractivity contribution in [2.45, 2.75) is 13.5 Å². The molecule has 0 saturated heterocycles. The summed E-state index contributed by atoms with van der Waals surface area (Å²) in [6, 6.07) is 24.4. The molecule has 4 nitrogen and oxygen atoms in total.